The van der Waals surface area contributed by atoms with E-state index in [0.717, 1.165) is 5.75 Å². The molecule has 1 aromatic carbocycles. The first kappa shape index (κ1) is 15.0. The van der Waals surface area contributed by atoms with Crippen LogP contribution in [0.1, 0.15) is 20.8 Å². The molecular formula is C13H18Cl2OS. The minimum Gasteiger partial charge on any atom is -0.492 e. The Hall–Kier alpha value is -0.0500. The molecule has 17 heavy (non-hydrogen) atoms. The van der Waals surface area contributed by atoms with Crippen LogP contribution in [0.15, 0.2) is 18.2 Å². The van der Waals surface area contributed by atoms with Gasteiger partial charge in [0.05, 0.1) is 11.6 Å². The van der Waals surface area contributed by atoms with Crippen LogP contribution in [-0.2, 0) is 0 Å². The second-order valence-corrected chi connectivity index (χ2v) is 6.26. The zero-order chi connectivity index (χ0) is 13.1. The molecule has 0 bridgehead atoms. The maximum absolute atomic E-state index is 6.06. The molecule has 0 radical (unpaired) electrons. The van der Waals surface area contributed by atoms with Gasteiger partial charge in [0.25, 0.3) is 0 Å². The van der Waals surface area contributed by atoms with Gasteiger partial charge in [-0.2, -0.15) is 12.6 Å². The average molecular weight is 293 g/mol. The van der Waals surface area contributed by atoms with E-state index in [1.807, 2.05) is 12.1 Å². The molecule has 0 N–H and O–H groups in total. The molecule has 96 valence electrons. The second-order valence-electron chi connectivity index (χ2n) is 5.11. The third kappa shape index (κ3) is 4.27. The van der Waals surface area contributed by atoms with Gasteiger partial charge in [-0.25, -0.2) is 0 Å². The third-order valence-electron chi connectivity index (χ3n) is 2.80. The predicted molar refractivity (Wildman–Crippen MR) is 78.8 cm³/mol. The van der Waals surface area contributed by atoms with Gasteiger partial charge in [0.15, 0.2) is 0 Å². The molecule has 0 aliphatic rings. The summed E-state index contributed by atoms with van der Waals surface area (Å²) in [6.45, 7) is 7.12. The molecule has 0 aromatic heterocycles. The number of hydrogen-bond donors (Lipinski definition) is 1. The second kappa shape index (κ2) is 6.21. The zero-order valence-corrected chi connectivity index (χ0v) is 12.7. The van der Waals surface area contributed by atoms with Crippen LogP contribution in [0.5, 0.6) is 5.75 Å². The average Bonchev–Trinajstić information content (AvgIpc) is 2.23. The lowest BCUT2D eigenvalue weighted by Gasteiger charge is -2.29. The van der Waals surface area contributed by atoms with Crippen molar-refractivity contribution >= 4 is 35.8 Å². The molecule has 0 fully saturated rings. The number of hydrogen-bond acceptors (Lipinski definition) is 2. The number of ether oxygens (including phenoxy) is 1. The monoisotopic (exact) mass is 292 g/mol. The summed E-state index contributed by atoms with van der Waals surface area (Å²) in [5, 5.41) is 0.989. The lowest BCUT2D eigenvalue weighted by atomic mass is 9.82. The summed E-state index contributed by atoms with van der Waals surface area (Å²) < 4.78 is 5.73. The molecule has 0 aliphatic carbocycles. The Morgan fingerprint density at radius 1 is 1.29 bits per heavy atom. The number of benzene rings is 1. The number of rotatable bonds is 4. The summed E-state index contributed by atoms with van der Waals surface area (Å²) in [4.78, 5) is 0. The molecule has 1 aromatic rings. The van der Waals surface area contributed by atoms with E-state index in [1.54, 1.807) is 6.07 Å². The predicted octanol–water partition coefficient (Wildman–Crippen LogP) is 4.96. The highest BCUT2D eigenvalue weighted by Gasteiger charge is 2.24. The minimum absolute atomic E-state index is 0.160. The van der Waals surface area contributed by atoms with Gasteiger partial charge in [-0.15, -0.1) is 0 Å². The van der Waals surface area contributed by atoms with Gasteiger partial charge in [-0.3, -0.25) is 0 Å². The largest absolute Gasteiger partial charge is 0.492 e. The normalized spacial score (nSPS) is 13.5. The Morgan fingerprint density at radius 3 is 2.47 bits per heavy atom. The zero-order valence-electron chi connectivity index (χ0n) is 10.3. The molecule has 0 aliphatic heterocycles. The highest BCUT2D eigenvalue weighted by molar-refractivity contribution is 7.80. The quantitative estimate of drug-likeness (QED) is 0.772. The third-order valence-corrected chi connectivity index (χ3v) is 4.04. The van der Waals surface area contributed by atoms with Gasteiger partial charge in [0, 0.05) is 5.92 Å². The first-order chi connectivity index (χ1) is 7.86. The van der Waals surface area contributed by atoms with Crippen molar-refractivity contribution in [3.05, 3.63) is 28.2 Å². The minimum atomic E-state index is 0.160. The van der Waals surface area contributed by atoms with Crippen LogP contribution in [0.25, 0.3) is 0 Å². The summed E-state index contributed by atoms with van der Waals surface area (Å²) in [5.74, 6) is 1.78. The maximum Gasteiger partial charge on any atom is 0.139 e. The van der Waals surface area contributed by atoms with E-state index in [-0.39, 0.29) is 5.41 Å². The summed E-state index contributed by atoms with van der Waals surface area (Å²) in [6.07, 6.45) is 0. The maximum atomic E-state index is 6.06. The van der Waals surface area contributed by atoms with Crippen molar-refractivity contribution in [3.8, 4) is 5.75 Å². The highest BCUT2D eigenvalue weighted by Crippen LogP contribution is 2.33. The topological polar surface area (TPSA) is 9.23 Å². The van der Waals surface area contributed by atoms with Crippen LogP contribution < -0.4 is 4.74 Å². The van der Waals surface area contributed by atoms with E-state index < -0.39 is 0 Å². The van der Waals surface area contributed by atoms with Crippen molar-refractivity contribution in [2.45, 2.75) is 20.8 Å². The highest BCUT2D eigenvalue weighted by atomic mass is 35.5. The molecule has 1 nitrogen and oxygen atoms in total. The van der Waals surface area contributed by atoms with E-state index in [0.29, 0.717) is 28.3 Å². The van der Waals surface area contributed by atoms with Crippen LogP contribution >= 0.6 is 35.8 Å². The summed E-state index contributed by atoms with van der Waals surface area (Å²) in [6, 6.07) is 5.40. The van der Waals surface area contributed by atoms with Crippen molar-refractivity contribution in [2.75, 3.05) is 12.4 Å². The Kier molecular flexibility index (Phi) is 5.49. The van der Waals surface area contributed by atoms with Crippen LogP contribution in [0.3, 0.4) is 0 Å². The van der Waals surface area contributed by atoms with E-state index in [9.17, 15) is 0 Å². The fourth-order valence-electron chi connectivity index (χ4n) is 1.36. The van der Waals surface area contributed by atoms with E-state index in [2.05, 4.69) is 33.4 Å². The summed E-state index contributed by atoms with van der Waals surface area (Å²) in [7, 11) is 0. The lowest BCUT2D eigenvalue weighted by molar-refractivity contribution is 0.165. The van der Waals surface area contributed by atoms with Crippen molar-refractivity contribution in [3.63, 3.8) is 0 Å². The Bertz CT molecular complexity index is 374. The molecule has 0 spiro atoms. The molecule has 1 unspecified atom stereocenters. The van der Waals surface area contributed by atoms with Gasteiger partial charge in [0.2, 0.25) is 0 Å². The molecule has 1 rings (SSSR count). The number of halogens is 2. The van der Waals surface area contributed by atoms with E-state index in [4.69, 9.17) is 27.9 Å². The smallest absolute Gasteiger partial charge is 0.139 e. The molecule has 1 atom stereocenters. The van der Waals surface area contributed by atoms with Gasteiger partial charge in [-0.05, 0) is 23.3 Å². The SMILES string of the molecule is CC(C)(C)C(CS)COc1cccc(Cl)c1Cl. The summed E-state index contributed by atoms with van der Waals surface area (Å²) >= 11 is 16.3. The van der Waals surface area contributed by atoms with Crippen molar-refractivity contribution in [2.24, 2.45) is 11.3 Å². The van der Waals surface area contributed by atoms with Crippen molar-refractivity contribution < 1.29 is 4.74 Å². The first-order valence-electron chi connectivity index (χ1n) is 5.54. The first-order valence-corrected chi connectivity index (χ1v) is 6.92. The number of thiol groups is 1. The molecular weight excluding hydrogens is 275 g/mol. The van der Waals surface area contributed by atoms with Crippen LogP contribution in [-0.4, -0.2) is 12.4 Å². The standard InChI is InChI=1S/C13H18Cl2OS/c1-13(2,3)9(8-17)7-16-11-6-4-5-10(14)12(11)15/h4-6,9,17H,7-8H2,1-3H3. The molecule has 0 saturated heterocycles. The molecule has 0 heterocycles. The lowest BCUT2D eigenvalue weighted by Crippen LogP contribution is -2.28. The van der Waals surface area contributed by atoms with Gasteiger partial charge >= 0.3 is 0 Å². The van der Waals surface area contributed by atoms with Gasteiger partial charge in [0.1, 0.15) is 10.8 Å². The van der Waals surface area contributed by atoms with E-state index >= 15 is 0 Å². The molecule has 0 amide bonds. The van der Waals surface area contributed by atoms with Crippen LogP contribution in [0, 0.1) is 11.3 Å². The van der Waals surface area contributed by atoms with Gasteiger partial charge in [-0.1, -0.05) is 50.0 Å². The Morgan fingerprint density at radius 2 is 1.94 bits per heavy atom. The molecule has 4 heteroatoms. The Labute approximate surface area is 119 Å². The van der Waals surface area contributed by atoms with Crippen molar-refractivity contribution in [1.29, 1.82) is 0 Å². The van der Waals surface area contributed by atoms with Gasteiger partial charge < -0.3 is 4.74 Å². The van der Waals surface area contributed by atoms with E-state index in [1.165, 1.54) is 0 Å². The van der Waals surface area contributed by atoms with Crippen molar-refractivity contribution in [1.82, 2.24) is 0 Å². The molecule has 0 saturated carbocycles. The summed E-state index contributed by atoms with van der Waals surface area (Å²) in [5.41, 5.74) is 0.160. The van der Waals surface area contributed by atoms with Crippen LogP contribution in [0.2, 0.25) is 10.0 Å². The fourth-order valence-corrected chi connectivity index (χ4v) is 2.36. The fraction of sp³-hybridized carbons (Fsp3) is 0.538. The van der Waals surface area contributed by atoms with Crippen LogP contribution in [0.4, 0.5) is 0 Å². The Balaban J connectivity index is 2.70.